The van der Waals surface area contributed by atoms with Crippen LogP contribution in [0.1, 0.15) is 12.5 Å². The average molecular weight is 705 g/mol. The van der Waals surface area contributed by atoms with Crippen molar-refractivity contribution in [3.8, 4) is 0 Å². The fourth-order valence-electron chi connectivity index (χ4n) is 5.53. The Hall–Kier alpha value is -2.66. The number of fused-ring (bicyclic) bond motifs is 4. The van der Waals surface area contributed by atoms with E-state index in [0.29, 0.717) is 0 Å². The highest BCUT2D eigenvalue weighted by atomic mass is 32.7. The Morgan fingerprint density at radius 2 is 1.38 bits per heavy atom. The summed E-state index contributed by atoms with van der Waals surface area (Å²) in [4.78, 5) is 35.0. The molecule has 3 aliphatic heterocycles. The number of nitrogens with one attached hydrogen (secondary N) is 3. The van der Waals surface area contributed by atoms with E-state index in [0.717, 1.165) is 0 Å². The van der Waals surface area contributed by atoms with E-state index in [1.165, 1.54) is 28.1 Å². The summed E-state index contributed by atoms with van der Waals surface area (Å²) in [6.07, 6.45) is -3.65. The Balaban J connectivity index is 1.17. The van der Waals surface area contributed by atoms with Crippen molar-refractivity contribution in [3.05, 3.63) is 29.3 Å². The maximum absolute atomic E-state index is 13.5. The summed E-state index contributed by atoms with van der Waals surface area (Å²) in [6.45, 7) is -8.97. The van der Waals surface area contributed by atoms with Crippen molar-refractivity contribution < 1.29 is 37.9 Å². The number of aromatic nitrogens is 8. The molecule has 3 saturated heterocycles. The highest BCUT2D eigenvalue weighted by Crippen LogP contribution is 2.54. The second-order valence-electron chi connectivity index (χ2n) is 10.4. The number of aromatic amines is 1. The summed E-state index contributed by atoms with van der Waals surface area (Å²) < 4.78 is 53.1. The minimum absolute atomic E-state index is 0.0127. The number of hydrogen-bond acceptors (Lipinski definition) is 16. The van der Waals surface area contributed by atoms with Crippen LogP contribution in [0.15, 0.2) is 23.8 Å². The van der Waals surface area contributed by atoms with Gasteiger partial charge in [0.1, 0.15) is 36.3 Å². The smallest absolute Gasteiger partial charge is 0.324 e. The lowest BCUT2D eigenvalue weighted by Crippen LogP contribution is -2.47. The molecule has 0 aromatic carbocycles. The lowest BCUT2D eigenvalue weighted by molar-refractivity contribution is -0.0464. The lowest BCUT2D eigenvalue weighted by atomic mass is 10.1. The van der Waals surface area contributed by atoms with Crippen LogP contribution in [0.4, 0.5) is 11.8 Å². The quantitative estimate of drug-likeness (QED) is 0.0863. The molecule has 0 amide bonds. The molecular formula is C20H26N12O9P2S2. The Morgan fingerprint density at radius 3 is 1.96 bits per heavy atom. The van der Waals surface area contributed by atoms with Gasteiger partial charge in [0.05, 0.1) is 38.0 Å². The second kappa shape index (κ2) is 11.2. The zero-order valence-electron chi connectivity index (χ0n) is 22.6. The van der Waals surface area contributed by atoms with E-state index in [2.05, 4.69) is 64.6 Å². The zero-order valence-corrected chi connectivity index (χ0v) is 26.2. The maximum Gasteiger partial charge on any atom is 0.324 e. The van der Waals surface area contributed by atoms with Crippen LogP contribution >= 0.6 is 37.9 Å². The zero-order chi connectivity index (χ0) is 31.8. The van der Waals surface area contributed by atoms with Crippen molar-refractivity contribution >= 4 is 72.0 Å². The molecule has 7 rings (SSSR count). The first kappa shape index (κ1) is 31.0. The molecule has 7 heterocycles. The summed E-state index contributed by atoms with van der Waals surface area (Å²) in [7, 11) is 0. The van der Waals surface area contributed by atoms with Crippen LogP contribution in [0, 0.1) is 0 Å². The summed E-state index contributed by atoms with van der Waals surface area (Å²) in [5, 5.41) is 28.0. The standard InChI is InChI=1S/C20H26N12O9P2S2/c21-14-10-15(24-3-23-14)31(4-25-10)18-12(33)8-6(40-18)1-38-43(37,45)30-9-7(2-39-42(36,44)29-8)41-19(13(9)34)32-5-26-11-16(32)27-20(22)28-17(11)35/h3-9,12-13,18-19,33-34H,1-2H2,(H2,21,23,24)(H2,29,36,44)(H2,30,37,45)(H3,22,27,28,35)/t6-,7-,8-,9-,12-,13-,18-,19-,42+,43+/m1/s1. The van der Waals surface area contributed by atoms with E-state index in [1.807, 2.05) is 0 Å². The Labute approximate surface area is 261 Å². The van der Waals surface area contributed by atoms with Gasteiger partial charge in [-0.1, -0.05) is 24.5 Å². The normalized spacial score (nSPS) is 37.7. The van der Waals surface area contributed by atoms with E-state index in [9.17, 15) is 24.1 Å². The predicted molar refractivity (Wildman–Crippen MR) is 161 cm³/mol. The average Bonchev–Trinajstić information content (AvgIpc) is 3.72. The largest absolute Gasteiger partial charge is 0.387 e. The fourth-order valence-corrected chi connectivity index (χ4v) is 8.97. The fraction of sp³-hybridized carbons (Fsp3) is 0.500. The monoisotopic (exact) mass is 704 g/mol. The van der Waals surface area contributed by atoms with Gasteiger partial charge >= 0.3 is 13.4 Å². The first-order valence-corrected chi connectivity index (χ1v) is 18.7. The lowest BCUT2D eigenvalue weighted by Gasteiger charge is -2.30. The number of hydrogen-bond donors (Lipinski definition) is 9. The number of ether oxygens (including phenoxy) is 2. The van der Waals surface area contributed by atoms with Crippen LogP contribution in [0.25, 0.3) is 22.3 Å². The molecule has 9 N–H and O–H groups in total. The van der Waals surface area contributed by atoms with Crippen molar-refractivity contribution in [1.82, 2.24) is 49.2 Å². The molecule has 0 bridgehead atoms. The first-order valence-electron chi connectivity index (χ1n) is 13.1. The van der Waals surface area contributed by atoms with E-state index in [1.54, 1.807) is 0 Å². The van der Waals surface area contributed by atoms with Crippen molar-refractivity contribution in [1.29, 1.82) is 0 Å². The van der Waals surface area contributed by atoms with Crippen LogP contribution in [-0.2, 0) is 27.7 Å². The highest BCUT2D eigenvalue weighted by Gasteiger charge is 2.52. The van der Waals surface area contributed by atoms with Crippen LogP contribution in [0.5, 0.6) is 0 Å². The van der Waals surface area contributed by atoms with Crippen LogP contribution in [-0.4, -0.2) is 99.0 Å². The van der Waals surface area contributed by atoms with Gasteiger partial charge < -0.3 is 40.2 Å². The van der Waals surface area contributed by atoms with Crippen molar-refractivity contribution in [2.45, 2.75) is 49.0 Å². The number of imidazole rings is 2. The number of anilines is 2. The molecule has 3 aliphatic rings. The highest BCUT2D eigenvalue weighted by molar-refractivity contribution is 8.45. The number of aliphatic hydroxyl groups excluding tert-OH is 2. The molecular weight excluding hydrogens is 678 g/mol. The van der Waals surface area contributed by atoms with Gasteiger partial charge in [0, 0.05) is 0 Å². The number of nitrogens with two attached hydrogens (primary N) is 2. The SMILES string of the molecule is Nc1nc2c(ncn2[C@@H]2O[C@@H]3CO[P@](=O)(S)N[C@H]4[C@@H](O)[C@H](n5cnc6c(N)ncnc65)O[C@@H]4CO[P@](=O)(S)N[C@H]3[C@H]2O)c(=O)[nH]1. The number of thiol groups is 2. The van der Waals surface area contributed by atoms with Crippen molar-refractivity contribution in [3.63, 3.8) is 0 Å². The Bertz CT molecular complexity index is 1940. The van der Waals surface area contributed by atoms with Crippen LogP contribution in [0.2, 0.25) is 0 Å². The number of nitrogen functional groups attached to an aromatic ring is 2. The third-order valence-electron chi connectivity index (χ3n) is 7.59. The van der Waals surface area contributed by atoms with Gasteiger partial charge in [-0.25, -0.2) is 30.1 Å². The Kier molecular flexibility index (Phi) is 7.74. The molecule has 0 spiro atoms. The molecule has 0 aliphatic carbocycles. The van der Waals surface area contributed by atoms with E-state index in [-0.39, 0.29) is 34.1 Å². The summed E-state index contributed by atoms with van der Waals surface area (Å²) in [6, 6.07) is -2.31. The molecule has 0 radical (unpaired) electrons. The van der Waals surface area contributed by atoms with Gasteiger partial charge in [0.2, 0.25) is 5.95 Å². The maximum atomic E-state index is 13.5. The summed E-state index contributed by atoms with van der Waals surface area (Å²) in [5.41, 5.74) is 11.5. The molecule has 0 saturated carbocycles. The number of aliphatic hydroxyl groups is 2. The molecule has 3 fully saturated rings. The molecule has 242 valence electrons. The minimum Gasteiger partial charge on any atom is -0.387 e. The topological polar surface area (TPSA) is 295 Å². The second-order valence-corrected chi connectivity index (χ2v) is 16.7. The molecule has 45 heavy (non-hydrogen) atoms. The van der Waals surface area contributed by atoms with Crippen molar-refractivity contribution in [2.75, 3.05) is 24.7 Å². The third kappa shape index (κ3) is 5.55. The number of H-pyrrole nitrogens is 1. The minimum atomic E-state index is -4.04. The van der Waals surface area contributed by atoms with Gasteiger partial charge in [-0.2, -0.15) is 4.98 Å². The Morgan fingerprint density at radius 1 is 0.844 bits per heavy atom. The predicted octanol–water partition coefficient (Wildman–Crippen LogP) is -1.32. The van der Waals surface area contributed by atoms with Crippen LogP contribution < -0.4 is 27.2 Å². The summed E-state index contributed by atoms with van der Waals surface area (Å²) >= 11 is 8.38. The number of rotatable bonds is 2. The molecule has 25 heteroatoms. The molecule has 0 unspecified atom stereocenters. The molecule has 4 aromatic rings. The van der Waals surface area contributed by atoms with Gasteiger partial charge in [-0.15, -0.1) is 0 Å². The molecule has 21 nitrogen and oxygen atoms in total. The van der Waals surface area contributed by atoms with E-state index >= 15 is 0 Å². The van der Waals surface area contributed by atoms with Gasteiger partial charge in [-0.3, -0.25) is 28.0 Å². The first-order chi connectivity index (χ1) is 21.3. The van der Waals surface area contributed by atoms with E-state index < -0.39 is 81.2 Å². The molecule has 10 atom stereocenters. The van der Waals surface area contributed by atoms with Crippen LogP contribution in [0.3, 0.4) is 0 Å². The summed E-state index contributed by atoms with van der Waals surface area (Å²) in [5.74, 6) is -0.0807. The van der Waals surface area contributed by atoms with E-state index in [4.69, 9.17) is 30.0 Å². The third-order valence-corrected chi connectivity index (χ3v) is 11.2. The van der Waals surface area contributed by atoms with Crippen molar-refractivity contribution in [2.24, 2.45) is 0 Å². The van der Waals surface area contributed by atoms with Gasteiger partial charge in [0.15, 0.2) is 35.1 Å². The van der Waals surface area contributed by atoms with Gasteiger partial charge in [0.25, 0.3) is 5.56 Å². The molecule has 4 aromatic heterocycles. The van der Waals surface area contributed by atoms with Gasteiger partial charge in [-0.05, 0) is 0 Å². The number of nitrogens with zero attached hydrogens (tertiary/aromatic N) is 7.